The number of methoxy groups -OCH3 is 1. The molecule has 0 aliphatic carbocycles. The Hall–Kier alpha value is -3.35. The van der Waals surface area contributed by atoms with Gasteiger partial charge in [-0.25, -0.2) is 4.98 Å². The van der Waals surface area contributed by atoms with Crippen molar-refractivity contribution in [3.05, 3.63) is 59.9 Å². The number of unbranched alkanes of at least 4 members (excludes halogenated alkanes) is 1. The van der Waals surface area contributed by atoms with Crippen LogP contribution in [-0.2, 0) is 16.1 Å². The summed E-state index contributed by atoms with van der Waals surface area (Å²) in [4.78, 5) is 37.8. The highest BCUT2D eigenvalue weighted by atomic mass is 16.5. The summed E-state index contributed by atoms with van der Waals surface area (Å²) in [6, 6.07) is 15.2. The number of rotatable bonds is 8. The Morgan fingerprint density at radius 3 is 2.66 bits per heavy atom. The lowest BCUT2D eigenvalue weighted by Gasteiger charge is -2.30. The maximum absolute atomic E-state index is 13.5. The average molecular weight is 435 g/mol. The molecule has 1 aliphatic heterocycles. The lowest BCUT2D eigenvalue weighted by molar-refractivity contribution is -0.135. The first-order valence-electron chi connectivity index (χ1n) is 11.1. The lowest BCUT2D eigenvalue weighted by atomic mass is 9.92. The van der Waals surface area contributed by atoms with E-state index in [0.29, 0.717) is 13.1 Å². The van der Waals surface area contributed by atoms with Crippen molar-refractivity contribution in [2.24, 2.45) is 5.92 Å². The molecule has 1 aromatic heterocycles. The number of para-hydroxylation sites is 2. The van der Waals surface area contributed by atoms with Crippen molar-refractivity contribution < 1.29 is 14.3 Å². The Bertz CT molecular complexity index is 1060. The molecule has 0 spiro atoms. The molecule has 0 radical (unpaired) electrons. The number of H-pyrrole nitrogens is 1. The summed E-state index contributed by atoms with van der Waals surface area (Å²) in [6.07, 6.45) is 2.13. The fourth-order valence-corrected chi connectivity index (χ4v) is 4.48. The van der Waals surface area contributed by atoms with Crippen molar-refractivity contribution in [1.82, 2.24) is 19.8 Å². The summed E-state index contributed by atoms with van der Waals surface area (Å²) >= 11 is 0. The van der Waals surface area contributed by atoms with Crippen molar-refractivity contribution >= 4 is 22.8 Å². The molecule has 1 aliphatic rings. The number of hydrogen-bond acceptors (Lipinski definition) is 4. The number of carbonyl (C=O) groups is 2. The third-order valence-electron chi connectivity index (χ3n) is 6.16. The van der Waals surface area contributed by atoms with Gasteiger partial charge in [-0.1, -0.05) is 37.6 Å². The highest BCUT2D eigenvalue weighted by Crippen LogP contribution is 2.40. The molecule has 168 valence electrons. The Kier molecular flexibility index (Phi) is 6.44. The standard InChI is InChI=1S/C25H30N4O3/c1-4-5-14-29-23(30)15-19(24(29)17-10-12-18(32-3)13-11-17)25(31)28(2)16-22-26-20-8-6-7-9-21(20)27-22/h6-13,19,24H,4-5,14-16H2,1-3H3,(H,26,27). The smallest absolute Gasteiger partial charge is 0.228 e. The SMILES string of the molecule is CCCCN1C(=O)CC(C(=O)N(C)Cc2nc3ccccc3[nH]2)C1c1ccc(OC)cc1. The first-order chi connectivity index (χ1) is 15.5. The fraction of sp³-hybridized carbons (Fsp3) is 0.400. The number of aromatic nitrogens is 2. The van der Waals surface area contributed by atoms with Crippen LogP contribution in [0.5, 0.6) is 5.75 Å². The molecule has 2 heterocycles. The summed E-state index contributed by atoms with van der Waals surface area (Å²) < 4.78 is 5.28. The van der Waals surface area contributed by atoms with Gasteiger partial charge >= 0.3 is 0 Å². The van der Waals surface area contributed by atoms with Gasteiger partial charge in [0.05, 0.1) is 36.6 Å². The van der Waals surface area contributed by atoms with Gasteiger partial charge in [-0.3, -0.25) is 9.59 Å². The van der Waals surface area contributed by atoms with E-state index in [4.69, 9.17) is 4.74 Å². The predicted octanol–water partition coefficient (Wildman–Crippen LogP) is 3.92. The van der Waals surface area contributed by atoms with Crippen molar-refractivity contribution in [3.8, 4) is 5.75 Å². The zero-order chi connectivity index (χ0) is 22.7. The largest absolute Gasteiger partial charge is 0.497 e. The normalized spacial score (nSPS) is 18.3. The zero-order valence-electron chi connectivity index (χ0n) is 18.9. The minimum Gasteiger partial charge on any atom is -0.497 e. The van der Waals surface area contributed by atoms with Gasteiger partial charge in [0, 0.05) is 20.0 Å². The summed E-state index contributed by atoms with van der Waals surface area (Å²) in [7, 11) is 3.40. The van der Waals surface area contributed by atoms with Crippen LogP contribution < -0.4 is 4.74 Å². The second-order valence-electron chi connectivity index (χ2n) is 8.36. The molecule has 7 nitrogen and oxygen atoms in total. The number of carbonyl (C=O) groups excluding carboxylic acids is 2. The maximum atomic E-state index is 13.5. The quantitative estimate of drug-likeness (QED) is 0.583. The van der Waals surface area contributed by atoms with E-state index in [9.17, 15) is 9.59 Å². The summed E-state index contributed by atoms with van der Waals surface area (Å²) in [5.41, 5.74) is 2.78. The maximum Gasteiger partial charge on any atom is 0.228 e. The minimum atomic E-state index is -0.429. The number of amides is 2. The monoisotopic (exact) mass is 434 g/mol. The Morgan fingerprint density at radius 2 is 1.97 bits per heavy atom. The second-order valence-corrected chi connectivity index (χ2v) is 8.36. The number of ether oxygens (including phenoxy) is 1. The summed E-state index contributed by atoms with van der Waals surface area (Å²) in [6.45, 7) is 3.12. The van der Waals surface area contributed by atoms with E-state index >= 15 is 0 Å². The molecule has 32 heavy (non-hydrogen) atoms. The zero-order valence-corrected chi connectivity index (χ0v) is 18.9. The number of nitrogens with zero attached hydrogens (tertiary/aromatic N) is 3. The van der Waals surface area contributed by atoms with E-state index in [-0.39, 0.29) is 24.3 Å². The van der Waals surface area contributed by atoms with E-state index in [0.717, 1.165) is 41.0 Å². The summed E-state index contributed by atoms with van der Waals surface area (Å²) in [5.74, 6) is 1.05. The van der Waals surface area contributed by atoms with Crippen molar-refractivity contribution in [2.45, 2.75) is 38.8 Å². The van der Waals surface area contributed by atoms with Gasteiger partial charge in [-0.05, 0) is 36.2 Å². The first-order valence-corrected chi connectivity index (χ1v) is 11.1. The molecule has 2 aromatic carbocycles. The van der Waals surface area contributed by atoms with Crippen LogP contribution in [0.15, 0.2) is 48.5 Å². The molecule has 7 heteroatoms. The highest BCUT2D eigenvalue weighted by Gasteiger charge is 2.45. The van der Waals surface area contributed by atoms with Crippen LogP contribution in [0.1, 0.15) is 43.6 Å². The van der Waals surface area contributed by atoms with Gasteiger partial charge < -0.3 is 19.5 Å². The van der Waals surface area contributed by atoms with Crippen molar-refractivity contribution in [2.75, 3.05) is 20.7 Å². The van der Waals surface area contributed by atoms with Crippen LogP contribution in [0.2, 0.25) is 0 Å². The van der Waals surface area contributed by atoms with Gasteiger partial charge in [-0.15, -0.1) is 0 Å². The van der Waals surface area contributed by atoms with Gasteiger partial charge in [0.25, 0.3) is 0 Å². The first kappa shape index (κ1) is 21.9. The lowest BCUT2D eigenvalue weighted by Crippen LogP contribution is -2.37. The molecule has 2 unspecified atom stereocenters. The van der Waals surface area contributed by atoms with E-state index in [1.54, 1.807) is 19.1 Å². The molecule has 0 saturated carbocycles. The molecule has 2 amide bonds. The molecule has 1 N–H and O–H groups in total. The van der Waals surface area contributed by atoms with E-state index < -0.39 is 5.92 Å². The van der Waals surface area contributed by atoms with Crippen LogP contribution in [0.4, 0.5) is 0 Å². The number of fused-ring (bicyclic) bond motifs is 1. The molecular formula is C25H30N4O3. The third kappa shape index (κ3) is 4.33. The molecule has 3 aromatic rings. The molecule has 4 rings (SSSR count). The fourth-order valence-electron chi connectivity index (χ4n) is 4.48. The van der Waals surface area contributed by atoms with Crippen LogP contribution in [-0.4, -0.2) is 52.3 Å². The number of nitrogens with one attached hydrogen (secondary N) is 1. The Balaban J connectivity index is 1.57. The third-order valence-corrected chi connectivity index (χ3v) is 6.16. The Morgan fingerprint density at radius 1 is 1.22 bits per heavy atom. The number of aromatic amines is 1. The average Bonchev–Trinajstić information content (AvgIpc) is 3.37. The molecular weight excluding hydrogens is 404 g/mol. The number of benzene rings is 2. The van der Waals surface area contributed by atoms with Gasteiger partial charge in [-0.2, -0.15) is 0 Å². The second kappa shape index (κ2) is 9.42. The van der Waals surface area contributed by atoms with Crippen LogP contribution in [0, 0.1) is 5.92 Å². The number of imidazole rings is 1. The van der Waals surface area contributed by atoms with Gasteiger partial charge in [0.15, 0.2) is 0 Å². The van der Waals surface area contributed by atoms with Crippen LogP contribution in [0.25, 0.3) is 11.0 Å². The minimum absolute atomic E-state index is 0.0368. The number of likely N-dealkylation sites (tertiary alicyclic amines) is 1. The van der Waals surface area contributed by atoms with E-state index in [1.165, 1.54) is 0 Å². The Labute approximate surface area is 188 Å². The van der Waals surface area contributed by atoms with Crippen molar-refractivity contribution in [1.29, 1.82) is 0 Å². The molecule has 1 fully saturated rings. The van der Waals surface area contributed by atoms with Gasteiger partial charge in [0.1, 0.15) is 11.6 Å². The van der Waals surface area contributed by atoms with E-state index in [1.807, 2.05) is 53.4 Å². The highest BCUT2D eigenvalue weighted by molar-refractivity contribution is 5.90. The van der Waals surface area contributed by atoms with Gasteiger partial charge in [0.2, 0.25) is 11.8 Å². The summed E-state index contributed by atoms with van der Waals surface area (Å²) in [5, 5.41) is 0. The van der Waals surface area contributed by atoms with E-state index in [2.05, 4.69) is 16.9 Å². The molecule has 0 bridgehead atoms. The number of hydrogen-bond donors (Lipinski definition) is 1. The van der Waals surface area contributed by atoms with Crippen LogP contribution >= 0.6 is 0 Å². The predicted molar refractivity (Wildman–Crippen MR) is 123 cm³/mol. The molecule has 2 atom stereocenters. The van der Waals surface area contributed by atoms with Crippen LogP contribution in [0.3, 0.4) is 0 Å². The topological polar surface area (TPSA) is 78.5 Å². The van der Waals surface area contributed by atoms with Crippen molar-refractivity contribution in [3.63, 3.8) is 0 Å². The molecule has 1 saturated heterocycles.